The van der Waals surface area contributed by atoms with Crippen molar-refractivity contribution in [2.75, 3.05) is 7.11 Å². The van der Waals surface area contributed by atoms with Crippen molar-refractivity contribution >= 4 is 21.4 Å². The van der Waals surface area contributed by atoms with Crippen LogP contribution in [0.3, 0.4) is 0 Å². The molecule has 0 radical (unpaired) electrons. The zero-order valence-corrected chi connectivity index (χ0v) is 15.3. The minimum Gasteiger partial charge on any atom is -0.329 e. The Morgan fingerprint density at radius 3 is 2.48 bits per heavy atom. The highest BCUT2D eigenvalue weighted by molar-refractivity contribution is 7.89. The van der Waals surface area contributed by atoms with Gasteiger partial charge in [0.15, 0.2) is 0 Å². The number of hydrogen-bond donors (Lipinski definition) is 0. The highest BCUT2D eigenvalue weighted by atomic mass is 32.2. The number of sulfonamides is 1. The monoisotopic (exact) mass is 419 g/mol. The van der Waals surface area contributed by atoms with E-state index in [2.05, 4.69) is 14.7 Å². The summed E-state index contributed by atoms with van der Waals surface area (Å²) in [6.45, 7) is -0.137. The molecule has 0 saturated carbocycles. The third-order valence-electron chi connectivity index (χ3n) is 3.35. The van der Waals surface area contributed by atoms with E-state index >= 15 is 0 Å². The van der Waals surface area contributed by atoms with E-state index in [1.54, 1.807) is 24.3 Å². The van der Waals surface area contributed by atoms with E-state index in [1.807, 2.05) is 0 Å². The molecular formula is C15H12F3N3O4S2. The minimum atomic E-state index is -4.73. The Bertz CT molecular complexity index is 1020. The molecule has 0 bridgehead atoms. The van der Waals surface area contributed by atoms with Crippen LogP contribution in [0.5, 0.6) is 0 Å². The highest BCUT2D eigenvalue weighted by Crippen LogP contribution is 2.32. The molecule has 0 aliphatic carbocycles. The molecule has 0 fully saturated rings. The number of halogens is 3. The van der Waals surface area contributed by atoms with Crippen LogP contribution >= 0.6 is 11.3 Å². The van der Waals surface area contributed by atoms with Gasteiger partial charge >= 0.3 is 12.1 Å². The first-order chi connectivity index (χ1) is 12.7. The van der Waals surface area contributed by atoms with E-state index in [4.69, 9.17) is 4.84 Å². The van der Waals surface area contributed by atoms with Gasteiger partial charge in [0.2, 0.25) is 5.82 Å². The normalized spacial score (nSPS) is 12.6. The number of aromatic nitrogens is 2. The third kappa shape index (κ3) is 4.18. The smallest absolute Gasteiger partial charge is 0.329 e. The number of thiophene rings is 1. The van der Waals surface area contributed by atoms with Gasteiger partial charge < -0.3 is 4.52 Å². The quantitative estimate of drug-likeness (QED) is 0.568. The number of alkyl halides is 3. The van der Waals surface area contributed by atoms with Gasteiger partial charge in [0.1, 0.15) is 0 Å². The van der Waals surface area contributed by atoms with Crippen molar-refractivity contribution < 1.29 is 30.9 Å². The summed E-state index contributed by atoms with van der Waals surface area (Å²) in [5.41, 5.74) is 0. The molecule has 7 nitrogen and oxygen atoms in total. The maximum atomic E-state index is 12.6. The fourth-order valence-corrected chi connectivity index (χ4v) is 4.34. The molecule has 0 unspecified atom stereocenters. The lowest BCUT2D eigenvalue weighted by Crippen LogP contribution is -2.29. The van der Waals surface area contributed by atoms with Crippen molar-refractivity contribution in [3.63, 3.8) is 0 Å². The number of rotatable bonds is 6. The summed E-state index contributed by atoms with van der Waals surface area (Å²) in [6, 6.07) is 10.7. The van der Waals surface area contributed by atoms with E-state index in [0.717, 1.165) is 15.8 Å². The number of hydrogen-bond acceptors (Lipinski definition) is 7. The van der Waals surface area contributed by atoms with Gasteiger partial charge in [-0.3, -0.25) is 4.84 Å². The Hall–Kier alpha value is -2.28. The molecule has 3 aromatic rings. The Morgan fingerprint density at radius 2 is 1.89 bits per heavy atom. The molecule has 144 valence electrons. The molecular weight excluding hydrogens is 407 g/mol. The average molecular weight is 419 g/mol. The van der Waals surface area contributed by atoms with Crippen molar-refractivity contribution in [2.45, 2.75) is 17.6 Å². The third-order valence-corrected chi connectivity index (χ3v) is 6.10. The largest absolute Gasteiger partial charge is 0.471 e. The lowest BCUT2D eigenvalue weighted by Gasteiger charge is -2.18. The molecule has 0 atom stereocenters. The summed E-state index contributed by atoms with van der Waals surface area (Å²) in [7, 11) is -2.69. The molecule has 0 N–H and O–H groups in total. The maximum Gasteiger partial charge on any atom is 0.471 e. The van der Waals surface area contributed by atoms with Gasteiger partial charge in [-0.05, 0) is 24.3 Å². The zero-order valence-electron chi connectivity index (χ0n) is 13.7. The predicted molar refractivity (Wildman–Crippen MR) is 88.8 cm³/mol. The van der Waals surface area contributed by atoms with Crippen LogP contribution in [0.25, 0.3) is 10.7 Å². The lowest BCUT2D eigenvalue weighted by atomic mass is 10.4. The van der Waals surface area contributed by atoms with Crippen LogP contribution in [0, 0.1) is 0 Å². The Balaban J connectivity index is 1.81. The topological polar surface area (TPSA) is 85.5 Å². The number of benzene rings is 1. The second-order valence-corrected chi connectivity index (χ2v) is 8.15. The maximum absolute atomic E-state index is 12.6. The first-order valence-electron chi connectivity index (χ1n) is 7.33. The van der Waals surface area contributed by atoms with Crippen LogP contribution in [-0.4, -0.2) is 30.1 Å². The summed E-state index contributed by atoms with van der Waals surface area (Å²) in [5, 5.41) is 3.30. The molecule has 0 spiro atoms. The molecule has 27 heavy (non-hydrogen) atoms. The molecule has 0 amide bonds. The molecule has 0 aliphatic heterocycles. The molecule has 2 aromatic heterocycles. The van der Waals surface area contributed by atoms with Gasteiger partial charge in [0.25, 0.3) is 10.0 Å². The summed E-state index contributed by atoms with van der Waals surface area (Å²) in [6.07, 6.45) is -4.73. The van der Waals surface area contributed by atoms with E-state index in [0.29, 0.717) is 9.75 Å². The fourth-order valence-electron chi connectivity index (χ4n) is 2.11. The van der Waals surface area contributed by atoms with Crippen molar-refractivity contribution in [3.8, 4) is 10.7 Å². The van der Waals surface area contributed by atoms with E-state index in [9.17, 15) is 21.6 Å². The first kappa shape index (κ1) is 19.5. The van der Waals surface area contributed by atoms with Crippen LogP contribution in [-0.2, 0) is 27.6 Å². The molecule has 0 aliphatic rings. The zero-order chi connectivity index (χ0) is 19.7. The minimum absolute atomic E-state index is 0.0524. The summed E-state index contributed by atoms with van der Waals surface area (Å²) < 4.78 is 67.8. The second kappa shape index (κ2) is 7.38. The van der Waals surface area contributed by atoms with Crippen molar-refractivity contribution in [3.05, 3.63) is 53.2 Å². The van der Waals surface area contributed by atoms with Crippen LogP contribution < -0.4 is 0 Å². The van der Waals surface area contributed by atoms with Crippen LogP contribution in [0.15, 0.2) is 51.9 Å². The van der Waals surface area contributed by atoms with Crippen LogP contribution in [0.2, 0.25) is 0 Å². The number of nitrogens with zero attached hydrogens (tertiary/aromatic N) is 3. The van der Waals surface area contributed by atoms with Gasteiger partial charge in [-0.2, -0.15) is 18.2 Å². The summed E-state index contributed by atoms with van der Waals surface area (Å²) in [5.74, 6) is -1.67. The first-order valence-corrected chi connectivity index (χ1v) is 9.59. The Kier molecular flexibility index (Phi) is 5.33. The molecule has 0 saturated heterocycles. The SMILES string of the molecule is CON(Cc1ccc(-c2noc(C(F)(F)F)n2)s1)S(=O)(=O)c1ccccc1. The average Bonchev–Trinajstić information content (AvgIpc) is 3.29. The van der Waals surface area contributed by atoms with Crippen molar-refractivity contribution in [2.24, 2.45) is 0 Å². The van der Waals surface area contributed by atoms with Gasteiger partial charge in [-0.15, -0.1) is 11.3 Å². The van der Waals surface area contributed by atoms with Gasteiger partial charge in [-0.25, -0.2) is 8.42 Å². The molecule has 1 aromatic carbocycles. The van der Waals surface area contributed by atoms with Crippen LogP contribution in [0.4, 0.5) is 13.2 Å². The Labute approximate surface area is 156 Å². The summed E-state index contributed by atoms with van der Waals surface area (Å²) in [4.78, 5) is 9.17. The van der Waals surface area contributed by atoms with Gasteiger partial charge in [-0.1, -0.05) is 27.8 Å². The van der Waals surface area contributed by atoms with Crippen molar-refractivity contribution in [1.29, 1.82) is 0 Å². The predicted octanol–water partition coefficient (Wildman–Crippen LogP) is 3.57. The van der Waals surface area contributed by atoms with Crippen molar-refractivity contribution in [1.82, 2.24) is 14.6 Å². The Morgan fingerprint density at radius 1 is 1.19 bits per heavy atom. The standard InChI is InChI=1S/C15H12F3N3O4S2/c1-24-21(27(22,23)11-5-3-2-4-6-11)9-10-7-8-12(26-10)13-19-14(25-20-13)15(16,17)18/h2-8H,9H2,1H3. The molecule has 12 heteroatoms. The van der Waals surface area contributed by atoms with Crippen LogP contribution in [0.1, 0.15) is 10.8 Å². The fraction of sp³-hybridized carbons (Fsp3) is 0.200. The van der Waals surface area contributed by atoms with E-state index in [-0.39, 0.29) is 17.3 Å². The van der Waals surface area contributed by atoms with Gasteiger partial charge in [0.05, 0.1) is 23.4 Å². The molecule has 2 heterocycles. The number of hydroxylamine groups is 1. The summed E-state index contributed by atoms with van der Waals surface area (Å²) >= 11 is 1.03. The molecule has 3 rings (SSSR count). The van der Waals surface area contributed by atoms with E-state index in [1.165, 1.54) is 25.3 Å². The second-order valence-electron chi connectivity index (χ2n) is 5.15. The van der Waals surface area contributed by atoms with E-state index < -0.39 is 22.1 Å². The lowest BCUT2D eigenvalue weighted by molar-refractivity contribution is -0.159. The van der Waals surface area contributed by atoms with Gasteiger partial charge in [0, 0.05) is 4.88 Å². The highest BCUT2D eigenvalue weighted by Gasteiger charge is 2.38.